The van der Waals surface area contributed by atoms with Gasteiger partial charge in [-0.25, -0.2) is 13.2 Å². The smallest absolute Gasteiger partial charge is 0.194 e. The summed E-state index contributed by atoms with van der Waals surface area (Å²) in [4.78, 5) is 2.46. The molecule has 1 aromatic rings. The molecule has 1 aromatic carbocycles. The second-order valence-corrected chi connectivity index (χ2v) is 5.47. The van der Waals surface area contributed by atoms with E-state index in [1.54, 1.807) is 0 Å². The van der Waals surface area contributed by atoms with Crippen molar-refractivity contribution in [3.63, 3.8) is 0 Å². The largest absolute Gasteiger partial charge is 0.309 e. The third-order valence-electron chi connectivity index (χ3n) is 3.92. The molecule has 1 heterocycles. The van der Waals surface area contributed by atoms with Crippen molar-refractivity contribution in [2.45, 2.75) is 37.9 Å². The summed E-state index contributed by atoms with van der Waals surface area (Å²) in [6, 6.07) is 3.22. The lowest BCUT2D eigenvalue weighted by atomic mass is 10.2. The number of benzene rings is 1. The first-order valence-corrected chi connectivity index (χ1v) is 6.74. The number of nitrogens with one attached hydrogen (secondary N) is 1. The van der Waals surface area contributed by atoms with Gasteiger partial charge in [0.1, 0.15) is 0 Å². The Balaban J connectivity index is 1.54. The normalized spacial score (nSPS) is 24.1. The van der Waals surface area contributed by atoms with Gasteiger partial charge in [-0.15, -0.1) is 0 Å². The molecule has 3 rings (SSSR count). The second-order valence-electron chi connectivity index (χ2n) is 5.47. The van der Waals surface area contributed by atoms with Crippen molar-refractivity contribution in [3.8, 4) is 0 Å². The summed E-state index contributed by atoms with van der Waals surface area (Å²) in [6.07, 6.45) is 3.64. The number of hydrogen-bond acceptors (Lipinski definition) is 2. The maximum absolute atomic E-state index is 13.1. The van der Waals surface area contributed by atoms with Gasteiger partial charge in [0.25, 0.3) is 0 Å². The van der Waals surface area contributed by atoms with E-state index in [-0.39, 0.29) is 0 Å². The van der Waals surface area contributed by atoms with E-state index in [9.17, 15) is 13.2 Å². The molecule has 1 saturated carbocycles. The van der Waals surface area contributed by atoms with Crippen molar-refractivity contribution >= 4 is 0 Å². The van der Waals surface area contributed by atoms with Gasteiger partial charge >= 0.3 is 0 Å². The molecule has 0 radical (unpaired) electrons. The lowest BCUT2D eigenvalue weighted by Gasteiger charge is -2.16. The van der Waals surface area contributed by atoms with Crippen LogP contribution in [0.4, 0.5) is 13.2 Å². The van der Waals surface area contributed by atoms with Crippen LogP contribution in [0.15, 0.2) is 12.1 Å². The molecule has 19 heavy (non-hydrogen) atoms. The minimum atomic E-state index is -1.40. The molecular weight excluding hydrogens is 253 g/mol. The van der Waals surface area contributed by atoms with E-state index in [2.05, 4.69) is 10.2 Å². The second kappa shape index (κ2) is 5.13. The first-order chi connectivity index (χ1) is 9.13. The molecule has 0 amide bonds. The molecule has 1 N–H and O–H groups in total. The topological polar surface area (TPSA) is 15.3 Å². The summed E-state index contributed by atoms with van der Waals surface area (Å²) >= 11 is 0. The van der Waals surface area contributed by atoms with Crippen LogP contribution in [0, 0.1) is 17.5 Å². The summed E-state index contributed by atoms with van der Waals surface area (Å²) in [5.41, 5.74) is 0.446. The summed E-state index contributed by atoms with van der Waals surface area (Å²) in [6.45, 7) is 2.46. The van der Waals surface area contributed by atoms with Gasteiger partial charge in [0, 0.05) is 31.7 Å². The minimum absolute atomic E-state index is 0.358. The third-order valence-corrected chi connectivity index (χ3v) is 3.92. The molecule has 1 aliphatic carbocycles. The third kappa shape index (κ3) is 2.92. The van der Waals surface area contributed by atoms with E-state index in [0.29, 0.717) is 18.2 Å². The number of rotatable bonds is 4. The average Bonchev–Trinajstić information content (AvgIpc) is 3.13. The number of hydrogen-bond donors (Lipinski definition) is 1. The van der Waals surface area contributed by atoms with Crippen LogP contribution >= 0.6 is 0 Å². The Morgan fingerprint density at radius 1 is 1.11 bits per heavy atom. The van der Waals surface area contributed by atoms with Crippen LogP contribution in [0.2, 0.25) is 0 Å². The van der Waals surface area contributed by atoms with Crippen molar-refractivity contribution in [2.24, 2.45) is 0 Å². The molecule has 0 spiro atoms. The number of halogens is 3. The van der Waals surface area contributed by atoms with Crippen molar-refractivity contribution in [1.82, 2.24) is 10.2 Å². The van der Waals surface area contributed by atoms with Gasteiger partial charge < -0.3 is 5.32 Å². The van der Waals surface area contributed by atoms with E-state index in [1.807, 2.05) is 0 Å². The Hall–Kier alpha value is -1.07. The first-order valence-electron chi connectivity index (χ1n) is 6.74. The van der Waals surface area contributed by atoms with Gasteiger partial charge in [-0.3, -0.25) is 4.90 Å². The van der Waals surface area contributed by atoms with E-state index < -0.39 is 17.5 Å². The SMILES string of the molecule is Fc1cc(CNC2CCN(C3CC3)C2)cc(F)c1F. The monoisotopic (exact) mass is 270 g/mol. The van der Waals surface area contributed by atoms with Gasteiger partial charge in [-0.1, -0.05) is 0 Å². The summed E-state index contributed by atoms with van der Waals surface area (Å²) in [7, 11) is 0. The molecule has 1 atom stereocenters. The molecule has 104 valence electrons. The van der Waals surface area contributed by atoms with E-state index in [0.717, 1.165) is 37.7 Å². The Labute approximate surface area is 110 Å². The van der Waals surface area contributed by atoms with Crippen molar-refractivity contribution in [2.75, 3.05) is 13.1 Å². The predicted octanol–water partition coefficient (Wildman–Crippen LogP) is 2.43. The average molecular weight is 270 g/mol. The molecule has 2 fully saturated rings. The summed E-state index contributed by atoms with van der Waals surface area (Å²) in [5, 5.41) is 3.29. The first kappa shape index (κ1) is 12.9. The molecule has 5 heteroatoms. The fraction of sp³-hybridized carbons (Fsp3) is 0.571. The Morgan fingerprint density at radius 3 is 2.42 bits per heavy atom. The van der Waals surface area contributed by atoms with Gasteiger partial charge in [0.15, 0.2) is 17.5 Å². The predicted molar refractivity (Wildman–Crippen MR) is 66.2 cm³/mol. The van der Waals surface area contributed by atoms with Crippen LogP contribution in [0.1, 0.15) is 24.8 Å². The van der Waals surface area contributed by atoms with Crippen LogP contribution in [0.3, 0.4) is 0 Å². The van der Waals surface area contributed by atoms with Crippen LogP contribution in [0.25, 0.3) is 0 Å². The molecule has 1 aliphatic heterocycles. The van der Waals surface area contributed by atoms with Crippen LogP contribution in [-0.4, -0.2) is 30.1 Å². The van der Waals surface area contributed by atoms with Crippen LogP contribution < -0.4 is 5.32 Å². The molecular formula is C14H17F3N2. The maximum atomic E-state index is 13.1. The van der Waals surface area contributed by atoms with Crippen molar-refractivity contribution in [1.29, 1.82) is 0 Å². The Bertz CT molecular complexity index is 451. The molecule has 0 aromatic heterocycles. The lowest BCUT2D eigenvalue weighted by Crippen LogP contribution is -2.32. The highest BCUT2D eigenvalue weighted by atomic mass is 19.2. The van der Waals surface area contributed by atoms with Crippen molar-refractivity contribution in [3.05, 3.63) is 35.1 Å². The highest BCUT2D eigenvalue weighted by Crippen LogP contribution is 2.29. The van der Waals surface area contributed by atoms with E-state index in [1.165, 1.54) is 12.8 Å². The fourth-order valence-corrected chi connectivity index (χ4v) is 2.70. The fourth-order valence-electron chi connectivity index (χ4n) is 2.70. The number of likely N-dealkylation sites (tertiary alicyclic amines) is 1. The van der Waals surface area contributed by atoms with Crippen molar-refractivity contribution < 1.29 is 13.2 Å². The minimum Gasteiger partial charge on any atom is -0.309 e. The van der Waals surface area contributed by atoms with Gasteiger partial charge in [-0.05, 0) is 37.0 Å². The lowest BCUT2D eigenvalue weighted by molar-refractivity contribution is 0.317. The molecule has 1 unspecified atom stereocenters. The summed E-state index contributed by atoms with van der Waals surface area (Å²) < 4.78 is 39.0. The van der Waals surface area contributed by atoms with E-state index in [4.69, 9.17) is 0 Å². The zero-order valence-corrected chi connectivity index (χ0v) is 10.6. The molecule has 1 saturated heterocycles. The highest BCUT2D eigenvalue weighted by Gasteiger charge is 2.34. The Kier molecular flexibility index (Phi) is 3.50. The quantitative estimate of drug-likeness (QED) is 0.845. The zero-order chi connectivity index (χ0) is 13.4. The molecule has 0 bridgehead atoms. The number of nitrogens with zero attached hydrogens (tertiary/aromatic N) is 1. The van der Waals surface area contributed by atoms with Crippen LogP contribution in [0.5, 0.6) is 0 Å². The van der Waals surface area contributed by atoms with Gasteiger partial charge in [0.05, 0.1) is 0 Å². The highest BCUT2D eigenvalue weighted by molar-refractivity contribution is 5.19. The van der Waals surface area contributed by atoms with Crippen LogP contribution in [-0.2, 0) is 6.54 Å². The standard InChI is InChI=1S/C14H17F3N2/c15-12-5-9(6-13(16)14(12)17)7-18-10-3-4-19(8-10)11-1-2-11/h5-6,10-11,18H,1-4,7-8H2. The maximum Gasteiger partial charge on any atom is 0.194 e. The van der Waals surface area contributed by atoms with E-state index >= 15 is 0 Å². The Morgan fingerprint density at radius 2 is 1.79 bits per heavy atom. The molecule has 2 aliphatic rings. The molecule has 2 nitrogen and oxygen atoms in total. The summed E-state index contributed by atoms with van der Waals surface area (Å²) in [5.74, 6) is -3.64. The van der Waals surface area contributed by atoms with Gasteiger partial charge in [-0.2, -0.15) is 0 Å². The zero-order valence-electron chi connectivity index (χ0n) is 10.6. The van der Waals surface area contributed by atoms with Gasteiger partial charge in [0.2, 0.25) is 0 Å².